The molecule has 2 aromatic rings. The van der Waals surface area contributed by atoms with Crippen LogP contribution in [0.1, 0.15) is 19.3 Å². The van der Waals surface area contributed by atoms with Gasteiger partial charge in [-0.05, 0) is 36.5 Å². The Balaban J connectivity index is 1.79. The quantitative estimate of drug-likeness (QED) is 0.819. The van der Waals surface area contributed by atoms with E-state index in [1.165, 1.54) is 19.3 Å². The van der Waals surface area contributed by atoms with Gasteiger partial charge in [0.1, 0.15) is 0 Å². The zero-order chi connectivity index (χ0) is 11.7. The van der Waals surface area contributed by atoms with E-state index in [1.54, 1.807) is 0 Å². The molecule has 0 atom stereocenters. The zero-order valence-corrected chi connectivity index (χ0v) is 9.84. The number of aromatic nitrogens is 2. The molecule has 1 saturated carbocycles. The van der Waals surface area contributed by atoms with Crippen LogP contribution in [-0.4, -0.2) is 9.78 Å². The molecule has 1 aromatic carbocycles. The van der Waals surface area contributed by atoms with E-state index in [2.05, 4.69) is 22.0 Å². The van der Waals surface area contributed by atoms with Crippen molar-refractivity contribution < 1.29 is 0 Å². The first kappa shape index (κ1) is 10.4. The third kappa shape index (κ3) is 2.18. The molecule has 1 heterocycles. The third-order valence-electron chi connectivity index (χ3n) is 3.52. The summed E-state index contributed by atoms with van der Waals surface area (Å²) in [6, 6.07) is 7.95. The fourth-order valence-electron chi connectivity index (χ4n) is 2.27. The summed E-state index contributed by atoms with van der Waals surface area (Å²) < 4.78 is 2.06. The Morgan fingerprint density at radius 2 is 2.18 bits per heavy atom. The van der Waals surface area contributed by atoms with Gasteiger partial charge < -0.3 is 5.73 Å². The van der Waals surface area contributed by atoms with Crippen molar-refractivity contribution in [3.63, 3.8) is 0 Å². The van der Waals surface area contributed by atoms with Crippen molar-refractivity contribution in [1.29, 1.82) is 0 Å². The summed E-state index contributed by atoms with van der Waals surface area (Å²) in [5.74, 6) is 0.837. The van der Waals surface area contributed by atoms with Gasteiger partial charge in [-0.2, -0.15) is 5.10 Å². The molecule has 0 bridgehead atoms. The van der Waals surface area contributed by atoms with Gasteiger partial charge >= 0.3 is 0 Å². The normalized spacial score (nSPS) is 15.8. The summed E-state index contributed by atoms with van der Waals surface area (Å²) in [7, 11) is 0. The number of anilines is 1. The lowest BCUT2D eigenvalue weighted by molar-refractivity contribution is 0.266. The average Bonchev–Trinajstić information content (AvgIpc) is 2.72. The molecule has 0 spiro atoms. The van der Waals surface area contributed by atoms with Crippen LogP contribution in [0.15, 0.2) is 36.7 Å². The molecule has 1 aliphatic rings. The summed E-state index contributed by atoms with van der Waals surface area (Å²) in [4.78, 5) is 0. The standard InChI is InChI=1S/C14H17N3/c15-14-6-2-5-12(7-14)13-8-16-17(10-13)9-11-3-1-4-11/h2,5-8,10-11H,1,3-4,9,15H2. The van der Waals surface area contributed by atoms with Crippen LogP contribution in [0.4, 0.5) is 5.69 Å². The Morgan fingerprint density at radius 3 is 2.88 bits per heavy atom. The molecule has 1 aromatic heterocycles. The summed E-state index contributed by atoms with van der Waals surface area (Å²) in [6.45, 7) is 1.06. The van der Waals surface area contributed by atoms with Gasteiger partial charge in [-0.3, -0.25) is 4.68 Å². The predicted octanol–water partition coefficient (Wildman–Crippen LogP) is 2.93. The number of nitrogens with two attached hydrogens (primary N) is 1. The molecular weight excluding hydrogens is 210 g/mol. The van der Waals surface area contributed by atoms with Gasteiger partial charge in [-0.25, -0.2) is 0 Å². The molecule has 1 aliphatic carbocycles. The summed E-state index contributed by atoms with van der Waals surface area (Å²) in [6.07, 6.45) is 8.13. The SMILES string of the molecule is Nc1cccc(-c2cnn(CC3CCC3)c2)c1. The Bertz CT molecular complexity index is 512. The van der Waals surface area contributed by atoms with E-state index in [0.717, 1.165) is 29.3 Å². The highest BCUT2D eigenvalue weighted by atomic mass is 15.3. The van der Waals surface area contributed by atoms with Crippen molar-refractivity contribution in [3.05, 3.63) is 36.7 Å². The van der Waals surface area contributed by atoms with E-state index in [9.17, 15) is 0 Å². The van der Waals surface area contributed by atoms with Crippen LogP contribution in [0, 0.1) is 5.92 Å². The lowest BCUT2D eigenvalue weighted by Gasteiger charge is -2.24. The molecule has 3 rings (SSSR count). The Kier molecular flexibility index (Phi) is 2.59. The molecule has 0 unspecified atom stereocenters. The average molecular weight is 227 g/mol. The van der Waals surface area contributed by atoms with Crippen LogP contribution >= 0.6 is 0 Å². The van der Waals surface area contributed by atoms with E-state index >= 15 is 0 Å². The second-order valence-corrected chi connectivity index (χ2v) is 4.87. The Hall–Kier alpha value is -1.77. The first-order chi connectivity index (χ1) is 8.31. The van der Waals surface area contributed by atoms with Gasteiger partial charge in [0.15, 0.2) is 0 Å². The molecule has 2 N–H and O–H groups in total. The minimum Gasteiger partial charge on any atom is -0.399 e. The van der Waals surface area contributed by atoms with Gasteiger partial charge in [-0.1, -0.05) is 18.6 Å². The molecule has 0 radical (unpaired) electrons. The van der Waals surface area contributed by atoms with E-state index < -0.39 is 0 Å². The lowest BCUT2D eigenvalue weighted by atomic mass is 9.85. The van der Waals surface area contributed by atoms with Crippen LogP contribution in [0.3, 0.4) is 0 Å². The third-order valence-corrected chi connectivity index (χ3v) is 3.52. The largest absolute Gasteiger partial charge is 0.399 e. The zero-order valence-electron chi connectivity index (χ0n) is 9.84. The maximum absolute atomic E-state index is 5.79. The second-order valence-electron chi connectivity index (χ2n) is 4.87. The van der Waals surface area contributed by atoms with E-state index in [1.807, 2.05) is 24.4 Å². The monoisotopic (exact) mass is 227 g/mol. The smallest absolute Gasteiger partial charge is 0.0568 e. The fourth-order valence-corrected chi connectivity index (χ4v) is 2.27. The Morgan fingerprint density at radius 1 is 1.29 bits per heavy atom. The topological polar surface area (TPSA) is 43.8 Å². The molecule has 17 heavy (non-hydrogen) atoms. The molecule has 0 saturated heterocycles. The highest BCUT2D eigenvalue weighted by Gasteiger charge is 2.18. The van der Waals surface area contributed by atoms with Crippen LogP contribution in [-0.2, 0) is 6.54 Å². The van der Waals surface area contributed by atoms with E-state index in [4.69, 9.17) is 5.73 Å². The minimum atomic E-state index is 0.800. The Labute approximate surface area is 101 Å². The second kappa shape index (κ2) is 4.24. The number of benzene rings is 1. The van der Waals surface area contributed by atoms with Gasteiger partial charge in [-0.15, -0.1) is 0 Å². The molecule has 88 valence electrons. The summed E-state index contributed by atoms with van der Waals surface area (Å²) in [5, 5.41) is 4.42. The van der Waals surface area contributed by atoms with Gasteiger partial charge in [0.25, 0.3) is 0 Å². The number of nitrogen functional groups attached to an aromatic ring is 1. The first-order valence-electron chi connectivity index (χ1n) is 6.19. The molecule has 3 nitrogen and oxygen atoms in total. The summed E-state index contributed by atoms with van der Waals surface area (Å²) in [5.41, 5.74) is 8.88. The first-order valence-corrected chi connectivity index (χ1v) is 6.19. The molecule has 0 aliphatic heterocycles. The highest BCUT2D eigenvalue weighted by Crippen LogP contribution is 2.28. The van der Waals surface area contributed by atoms with E-state index in [-0.39, 0.29) is 0 Å². The van der Waals surface area contributed by atoms with Crippen molar-refractivity contribution in [1.82, 2.24) is 9.78 Å². The maximum Gasteiger partial charge on any atom is 0.0568 e. The fraction of sp³-hybridized carbons (Fsp3) is 0.357. The number of nitrogens with zero attached hydrogens (tertiary/aromatic N) is 2. The molecular formula is C14H17N3. The highest BCUT2D eigenvalue weighted by molar-refractivity contribution is 5.65. The van der Waals surface area contributed by atoms with Crippen molar-refractivity contribution in [2.24, 2.45) is 5.92 Å². The van der Waals surface area contributed by atoms with Gasteiger partial charge in [0.2, 0.25) is 0 Å². The lowest BCUT2D eigenvalue weighted by Crippen LogP contribution is -2.18. The van der Waals surface area contributed by atoms with Crippen LogP contribution in [0.25, 0.3) is 11.1 Å². The molecule has 0 amide bonds. The van der Waals surface area contributed by atoms with Crippen LogP contribution in [0.2, 0.25) is 0 Å². The van der Waals surface area contributed by atoms with Crippen molar-refractivity contribution >= 4 is 5.69 Å². The summed E-state index contributed by atoms with van der Waals surface area (Å²) >= 11 is 0. The number of hydrogen-bond acceptors (Lipinski definition) is 2. The van der Waals surface area contributed by atoms with Gasteiger partial charge in [0.05, 0.1) is 6.20 Å². The number of rotatable bonds is 3. The van der Waals surface area contributed by atoms with Crippen molar-refractivity contribution in [2.45, 2.75) is 25.8 Å². The molecule has 3 heteroatoms. The van der Waals surface area contributed by atoms with Gasteiger partial charge in [0, 0.05) is 24.0 Å². The van der Waals surface area contributed by atoms with E-state index in [0.29, 0.717) is 0 Å². The maximum atomic E-state index is 5.79. The van der Waals surface area contributed by atoms with Crippen LogP contribution in [0.5, 0.6) is 0 Å². The van der Waals surface area contributed by atoms with Crippen molar-refractivity contribution in [2.75, 3.05) is 5.73 Å². The number of hydrogen-bond donors (Lipinski definition) is 1. The minimum absolute atomic E-state index is 0.800. The van der Waals surface area contributed by atoms with Crippen LogP contribution < -0.4 is 5.73 Å². The molecule has 1 fully saturated rings. The predicted molar refractivity (Wildman–Crippen MR) is 69.4 cm³/mol. The van der Waals surface area contributed by atoms with Crippen molar-refractivity contribution in [3.8, 4) is 11.1 Å².